The van der Waals surface area contributed by atoms with Crippen LogP contribution < -0.4 is 15.9 Å². The molecule has 0 saturated heterocycles. The summed E-state index contributed by atoms with van der Waals surface area (Å²) in [5.74, 6) is -0.626. The molecule has 0 amide bonds. The number of benzene rings is 4. The molecule has 4 aromatic carbocycles. The summed E-state index contributed by atoms with van der Waals surface area (Å²) in [6, 6.07) is 37.3. The molecule has 30 heavy (non-hydrogen) atoms. The van der Waals surface area contributed by atoms with Crippen LogP contribution in [-0.2, 0) is 4.74 Å². The SMILES string of the molecule is O=C1OC([PH](c2ccccc2)(c2ccccc2)c2ccccc2)c2c(Br)cccc21. The molecule has 148 valence electrons. The molecule has 1 aliphatic rings. The van der Waals surface area contributed by atoms with Gasteiger partial charge in [-0.3, -0.25) is 0 Å². The van der Waals surface area contributed by atoms with Gasteiger partial charge in [-0.25, -0.2) is 0 Å². The van der Waals surface area contributed by atoms with Crippen molar-refractivity contribution in [2.24, 2.45) is 0 Å². The summed E-state index contributed by atoms with van der Waals surface area (Å²) in [5.41, 5.74) is 1.60. The topological polar surface area (TPSA) is 26.3 Å². The van der Waals surface area contributed by atoms with E-state index in [2.05, 4.69) is 88.7 Å². The van der Waals surface area contributed by atoms with E-state index in [0.29, 0.717) is 5.56 Å². The zero-order chi connectivity index (χ0) is 20.6. The van der Waals surface area contributed by atoms with Crippen LogP contribution in [0.5, 0.6) is 0 Å². The van der Waals surface area contributed by atoms with E-state index in [1.807, 2.05) is 36.4 Å². The van der Waals surface area contributed by atoms with Gasteiger partial charge in [-0.1, -0.05) is 0 Å². The van der Waals surface area contributed by atoms with Crippen molar-refractivity contribution in [1.82, 2.24) is 0 Å². The van der Waals surface area contributed by atoms with E-state index in [9.17, 15) is 4.79 Å². The fraction of sp³-hybridized carbons (Fsp3) is 0.0385. The second kappa shape index (κ2) is 7.83. The predicted molar refractivity (Wildman–Crippen MR) is 129 cm³/mol. The number of esters is 1. The third-order valence-electron chi connectivity index (χ3n) is 5.84. The van der Waals surface area contributed by atoms with Crippen molar-refractivity contribution < 1.29 is 9.53 Å². The first-order chi connectivity index (χ1) is 14.7. The van der Waals surface area contributed by atoms with Gasteiger partial charge in [0.05, 0.1) is 0 Å². The molecule has 0 bridgehead atoms. The van der Waals surface area contributed by atoms with Crippen molar-refractivity contribution in [3.8, 4) is 0 Å². The average molecular weight is 475 g/mol. The minimum absolute atomic E-state index is 0.254. The van der Waals surface area contributed by atoms with Crippen LogP contribution in [0.2, 0.25) is 0 Å². The normalized spacial score (nSPS) is 16.0. The van der Waals surface area contributed by atoms with E-state index in [-0.39, 0.29) is 11.8 Å². The van der Waals surface area contributed by atoms with Crippen molar-refractivity contribution in [2.75, 3.05) is 0 Å². The number of hydrogen-bond acceptors (Lipinski definition) is 2. The van der Waals surface area contributed by atoms with Gasteiger partial charge >= 0.3 is 185 Å². The van der Waals surface area contributed by atoms with Crippen molar-refractivity contribution in [1.29, 1.82) is 0 Å². The zero-order valence-electron chi connectivity index (χ0n) is 16.2. The van der Waals surface area contributed by atoms with Crippen LogP contribution in [0.4, 0.5) is 0 Å². The van der Waals surface area contributed by atoms with Crippen molar-refractivity contribution in [3.63, 3.8) is 0 Å². The zero-order valence-corrected chi connectivity index (χ0v) is 18.8. The van der Waals surface area contributed by atoms with E-state index in [1.165, 1.54) is 15.9 Å². The summed E-state index contributed by atoms with van der Waals surface area (Å²) in [5, 5.41) is 3.64. The third kappa shape index (κ3) is 2.93. The quantitative estimate of drug-likeness (QED) is 0.294. The molecule has 4 aromatic rings. The van der Waals surface area contributed by atoms with Gasteiger partial charge in [0.15, 0.2) is 0 Å². The Hall–Kier alpha value is -2.74. The number of halogens is 1. The summed E-state index contributed by atoms with van der Waals surface area (Å²) >= 11 is 3.72. The molecule has 4 heteroatoms. The van der Waals surface area contributed by atoms with Gasteiger partial charge in [-0.15, -0.1) is 0 Å². The summed E-state index contributed by atoms with van der Waals surface area (Å²) in [4.78, 5) is 12.9. The summed E-state index contributed by atoms with van der Waals surface area (Å²) < 4.78 is 7.15. The maximum absolute atomic E-state index is 12.9. The van der Waals surface area contributed by atoms with Crippen LogP contribution in [0.25, 0.3) is 0 Å². The van der Waals surface area contributed by atoms with Crippen LogP contribution in [0.1, 0.15) is 21.8 Å². The number of cyclic esters (lactones) is 1. The molecule has 0 N–H and O–H groups in total. The Balaban J connectivity index is 1.91. The van der Waals surface area contributed by atoms with Crippen LogP contribution in [0.3, 0.4) is 0 Å². The van der Waals surface area contributed by atoms with Crippen LogP contribution in [-0.4, -0.2) is 5.97 Å². The van der Waals surface area contributed by atoms with Gasteiger partial charge in [0.1, 0.15) is 0 Å². The number of carbonyl (C=O) groups is 1. The van der Waals surface area contributed by atoms with Gasteiger partial charge in [0, 0.05) is 0 Å². The number of hydrogen-bond donors (Lipinski definition) is 0. The third-order valence-corrected chi connectivity index (χ3v) is 11.5. The van der Waals surface area contributed by atoms with Gasteiger partial charge in [0.2, 0.25) is 0 Å². The Bertz CT molecular complexity index is 1100. The summed E-state index contributed by atoms with van der Waals surface area (Å²) in [6.07, 6.45) is 0. The molecule has 0 fully saturated rings. The molecule has 1 heterocycles. The fourth-order valence-electron chi connectivity index (χ4n) is 4.57. The van der Waals surface area contributed by atoms with E-state index in [1.54, 1.807) is 0 Å². The van der Waals surface area contributed by atoms with E-state index in [4.69, 9.17) is 4.74 Å². The predicted octanol–water partition coefficient (Wildman–Crippen LogP) is 5.34. The number of carbonyl (C=O) groups excluding carboxylic acids is 1. The van der Waals surface area contributed by atoms with Gasteiger partial charge in [-0.2, -0.15) is 0 Å². The van der Waals surface area contributed by atoms with Crippen molar-refractivity contribution in [2.45, 2.75) is 5.85 Å². The Labute approximate surface area is 185 Å². The Morgan fingerprint density at radius 3 is 1.57 bits per heavy atom. The Morgan fingerprint density at radius 1 is 0.633 bits per heavy atom. The summed E-state index contributed by atoms with van der Waals surface area (Å²) in [7, 11) is -2.79. The molecular weight excluding hydrogens is 455 g/mol. The number of fused-ring (bicyclic) bond motifs is 1. The van der Waals surface area contributed by atoms with E-state index in [0.717, 1.165) is 10.0 Å². The standard InChI is InChI=1S/C26H20BrO2P/c27-23-18-10-17-22-24(23)26(29-25(22)28)30(19-11-4-1-5-12-19,20-13-6-2-7-14-20)21-15-8-3-9-16-21/h1-18,26,30H. The molecule has 0 spiro atoms. The van der Waals surface area contributed by atoms with E-state index >= 15 is 0 Å². The first-order valence-electron chi connectivity index (χ1n) is 9.89. The molecule has 0 aromatic heterocycles. The first-order valence-corrected chi connectivity index (χ1v) is 12.8. The molecule has 5 rings (SSSR count). The van der Waals surface area contributed by atoms with Crippen LogP contribution in [0.15, 0.2) is 114 Å². The second-order valence-electron chi connectivity index (χ2n) is 7.39. The second-order valence-corrected chi connectivity index (χ2v) is 12.1. The van der Waals surface area contributed by atoms with E-state index < -0.39 is 7.26 Å². The molecular formula is C26H20BrO2P. The van der Waals surface area contributed by atoms with Crippen LogP contribution >= 0.6 is 23.2 Å². The number of rotatable bonds is 4. The number of ether oxygens (including phenoxy) is 1. The van der Waals surface area contributed by atoms with Gasteiger partial charge in [-0.05, 0) is 0 Å². The molecule has 0 radical (unpaired) electrons. The first kappa shape index (κ1) is 19.2. The molecule has 1 unspecified atom stereocenters. The molecule has 1 aliphatic heterocycles. The fourth-order valence-corrected chi connectivity index (χ4v) is 10.4. The van der Waals surface area contributed by atoms with Crippen molar-refractivity contribution in [3.05, 3.63) is 125 Å². The Morgan fingerprint density at radius 2 is 1.10 bits per heavy atom. The van der Waals surface area contributed by atoms with Gasteiger partial charge in [0.25, 0.3) is 0 Å². The molecule has 0 saturated carbocycles. The maximum atomic E-state index is 12.9. The van der Waals surface area contributed by atoms with Gasteiger partial charge < -0.3 is 0 Å². The minimum atomic E-state index is -2.79. The van der Waals surface area contributed by atoms with Crippen LogP contribution in [0, 0.1) is 0 Å². The molecule has 0 aliphatic carbocycles. The van der Waals surface area contributed by atoms with Crippen molar-refractivity contribution >= 4 is 45.1 Å². The Kier molecular flexibility index (Phi) is 5.02. The summed E-state index contributed by atoms with van der Waals surface area (Å²) in [6.45, 7) is 0. The average Bonchev–Trinajstić information content (AvgIpc) is 3.15. The monoisotopic (exact) mass is 474 g/mol. The molecule has 1 atom stereocenters. The molecule has 2 nitrogen and oxygen atoms in total.